The second-order valence-electron chi connectivity index (χ2n) is 17.2. The van der Waals surface area contributed by atoms with Gasteiger partial charge in [-0.25, -0.2) is 0 Å². The SMILES string of the molecule is CC/C=C\C/C=C\C/C=C\C/C=C\C/C=C\C/C=C\C/C=C\CCCCCCCCCCCCCCCCCCCC(=O)NC(CO)C(O)/C=C/CCCCCCCCCC. The first-order valence-corrected chi connectivity index (χ1v) is 26.0. The molecule has 2 unspecified atom stereocenters. The molecule has 0 aromatic heterocycles. The Hall–Kier alpha value is -2.69. The third-order valence-corrected chi connectivity index (χ3v) is 11.3. The molecule has 0 aliphatic rings. The fourth-order valence-corrected chi connectivity index (χ4v) is 7.39. The number of allylic oxidation sites excluding steroid dienone is 15. The van der Waals surface area contributed by atoms with Crippen LogP contribution in [0.1, 0.15) is 239 Å². The quantitative estimate of drug-likeness (QED) is 0.0422. The molecule has 0 radical (unpaired) electrons. The van der Waals surface area contributed by atoms with Crippen molar-refractivity contribution in [3.63, 3.8) is 0 Å². The number of aliphatic hydroxyl groups is 2. The molecule has 0 aromatic carbocycles. The Morgan fingerprint density at radius 1 is 0.410 bits per heavy atom. The molecule has 4 heteroatoms. The largest absolute Gasteiger partial charge is 0.394 e. The van der Waals surface area contributed by atoms with Crippen LogP contribution >= 0.6 is 0 Å². The summed E-state index contributed by atoms with van der Waals surface area (Å²) in [7, 11) is 0. The highest BCUT2D eigenvalue weighted by Crippen LogP contribution is 2.15. The van der Waals surface area contributed by atoms with Crippen LogP contribution in [-0.2, 0) is 4.79 Å². The van der Waals surface area contributed by atoms with E-state index < -0.39 is 12.1 Å². The van der Waals surface area contributed by atoms with Gasteiger partial charge in [-0.15, -0.1) is 0 Å². The topological polar surface area (TPSA) is 69.6 Å². The minimum absolute atomic E-state index is 0.0677. The van der Waals surface area contributed by atoms with Gasteiger partial charge >= 0.3 is 0 Å². The van der Waals surface area contributed by atoms with E-state index in [1.54, 1.807) is 6.08 Å². The van der Waals surface area contributed by atoms with Crippen molar-refractivity contribution in [1.82, 2.24) is 5.32 Å². The summed E-state index contributed by atoms with van der Waals surface area (Å²) >= 11 is 0. The third kappa shape index (κ3) is 48.2. The van der Waals surface area contributed by atoms with Crippen molar-refractivity contribution in [3.05, 3.63) is 97.2 Å². The van der Waals surface area contributed by atoms with Gasteiger partial charge in [-0.2, -0.15) is 0 Å². The van der Waals surface area contributed by atoms with Gasteiger partial charge in [-0.1, -0.05) is 252 Å². The predicted molar refractivity (Wildman–Crippen MR) is 271 cm³/mol. The lowest BCUT2D eigenvalue weighted by Gasteiger charge is -2.20. The molecule has 61 heavy (non-hydrogen) atoms. The smallest absolute Gasteiger partial charge is 0.220 e. The van der Waals surface area contributed by atoms with Gasteiger partial charge in [0, 0.05) is 6.42 Å². The van der Waals surface area contributed by atoms with Crippen molar-refractivity contribution in [2.24, 2.45) is 0 Å². The van der Waals surface area contributed by atoms with Gasteiger partial charge in [-0.05, 0) is 77.0 Å². The van der Waals surface area contributed by atoms with Gasteiger partial charge in [0.1, 0.15) is 0 Å². The molecule has 350 valence electrons. The lowest BCUT2D eigenvalue weighted by molar-refractivity contribution is -0.123. The van der Waals surface area contributed by atoms with Gasteiger partial charge in [0.05, 0.1) is 18.8 Å². The number of hydrogen-bond donors (Lipinski definition) is 3. The normalized spacial score (nSPS) is 13.7. The number of hydrogen-bond acceptors (Lipinski definition) is 3. The fraction of sp³-hybridized carbons (Fsp3) is 0.702. The third-order valence-electron chi connectivity index (χ3n) is 11.3. The van der Waals surface area contributed by atoms with Gasteiger partial charge in [-0.3, -0.25) is 4.79 Å². The van der Waals surface area contributed by atoms with E-state index in [4.69, 9.17) is 0 Å². The highest BCUT2D eigenvalue weighted by molar-refractivity contribution is 5.76. The first-order valence-electron chi connectivity index (χ1n) is 26.0. The molecule has 0 spiro atoms. The summed E-state index contributed by atoms with van der Waals surface area (Å²) in [5.74, 6) is -0.0677. The Labute approximate surface area is 379 Å². The number of carbonyl (C=O) groups is 1. The summed E-state index contributed by atoms with van der Waals surface area (Å²) in [5, 5.41) is 23.0. The second kappa shape index (κ2) is 51.7. The van der Waals surface area contributed by atoms with Crippen molar-refractivity contribution in [2.75, 3.05) is 6.61 Å². The summed E-state index contributed by atoms with van der Waals surface area (Å²) in [6, 6.07) is -0.623. The van der Waals surface area contributed by atoms with E-state index in [0.717, 1.165) is 70.6 Å². The minimum atomic E-state index is -0.840. The van der Waals surface area contributed by atoms with Crippen molar-refractivity contribution < 1.29 is 15.0 Å². The molecule has 0 fully saturated rings. The Bertz CT molecular complexity index is 1140. The highest BCUT2D eigenvalue weighted by atomic mass is 16.3. The van der Waals surface area contributed by atoms with Crippen molar-refractivity contribution in [2.45, 2.75) is 251 Å². The number of unbranched alkanes of at least 4 members (excludes halogenated alkanes) is 25. The van der Waals surface area contributed by atoms with Crippen molar-refractivity contribution >= 4 is 5.91 Å². The molecule has 0 saturated heterocycles. The molecule has 4 nitrogen and oxygen atoms in total. The Kier molecular flexibility index (Phi) is 49.4. The van der Waals surface area contributed by atoms with Crippen LogP contribution < -0.4 is 5.32 Å². The van der Waals surface area contributed by atoms with Crippen LogP contribution in [0, 0.1) is 0 Å². The first kappa shape index (κ1) is 58.3. The van der Waals surface area contributed by atoms with Crippen LogP contribution in [0.15, 0.2) is 97.2 Å². The monoisotopic (exact) mass is 846 g/mol. The molecular formula is C57H99NO3. The zero-order valence-electron chi connectivity index (χ0n) is 40.2. The predicted octanol–water partition coefficient (Wildman–Crippen LogP) is 17.0. The van der Waals surface area contributed by atoms with Crippen molar-refractivity contribution in [3.8, 4) is 0 Å². The standard InChI is InChI=1S/C57H99NO3/c1-3-5-7-9-11-13-15-16-17-18-19-20-21-22-23-24-25-26-27-28-29-30-31-32-33-34-35-36-37-38-39-40-41-42-43-45-47-49-51-53-57(61)58-55(54-59)56(60)52-50-48-46-44-14-12-10-8-6-4-2/h5,7,11,13,16-17,19-20,22-23,25-26,28-29,50,52,55-56,59-60H,3-4,6,8-10,12,14-15,18,21,24,27,30-49,51,53-54H2,1-2H3,(H,58,61)/b7-5-,13-11-,17-16-,20-19-,23-22-,26-25-,29-28-,52-50+. The molecule has 0 aliphatic heterocycles. The maximum absolute atomic E-state index is 12.4. The van der Waals surface area contributed by atoms with E-state index in [0.29, 0.717) is 6.42 Å². The lowest BCUT2D eigenvalue weighted by Crippen LogP contribution is -2.45. The van der Waals surface area contributed by atoms with Crippen molar-refractivity contribution in [1.29, 1.82) is 0 Å². The van der Waals surface area contributed by atoms with Crippen LogP contribution in [-0.4, -0.2) is 34.9 Å². The maximum atomic E-state index is 12.4. The Morgan fingerprint density at radius 3 is 1.08 bits per heavy atom. The van der Waals surface area contributed by atoms with E-state index >= 15 is 0 Å². The van der Waals surface area contributed by atoms with Gasteiger partial charge in [0.25, 0.3) is 0 Å². The summed E-state index contributed by atoms with van der Waals surface area (Å²) in [6.07, 6.45) is 77.0. The van der Waals surface area contributed by atoms with E-state index in [1.165, 1.54) is 148 Å². The zero-order valence-corrected chi connectivity index (χ0v) is 40.2. The number of nitrogens with one attached hydrogen (secondary N) is 1. The summed E-state index contributed by atoms with van der Waals surface area (Å²) in [4.78, 5) is 12.4. The van der Waals surface area contributed by atoms with Crippen LogP contribution in [0.3, 0.4) is 0 Å². The van der Waals surface area contributed by atoms with Gasteiger partial charge in [0.15, 0.2) is 0 Å². The molecule has 0 bridgehead atoms. The van der Waals surface area contributed by atoms with E-state index in [-0.39, 0.29) is 12.5 Å². The Morgan fingerprint density at radius 2 is 0.721 bits per heavy atom. The average molecular weight is 846 g/mol. The number of amides is 1. The second-order valence-corrected chi connectivity index (χ2v) is 17.2. The molecule has 3 N–H and O–H groups in total. The van der Waals surface area contributed by atoms with Gasteiger partial charge < -0.3 is 15.5 Å². The van der Waals surface area contributed by atoms with Crippen LogP contribution in [0.4, 0.5) is 0 Å². The first-order chi connectivity index (χ1) is 30.2. The number of aliphatic hydroxyl groups excluding tert-OH is 2. The average Bonchev–Trinajstić information content (AvgIpc) is 3.26. The molecule has 0 aromatic rings. The summed E-state index contributed by atoms with van der Waals surface area (Å²) in [5.41, 5.74) is 0. The maximum Gasteiger partial charge on any atom is 0.220 e. The molecule has 0 saturated carbocycles. The molecular weight excluding hydrogens is 747 g/mol. The molecule has 0 rings (SSSR count). The number of rotatable bonds is 46. The lowest BCUT2D eigenvalue weighted by atomic mass is 10.0. The van der Waals surface area contributed by atoms with E-state index in [9.17, 15) is 15.0 Å². The summed E-state index contributed by atoms with van der Waals surface area (Å²) < 4.78 is 0. The zero-order chi connectivity index (χ0) is 44.2. The summed E-state index contributed by atoms with van der Waals surface area (Å²) in [6.45, 7) is 4.17. The molecule has 2 atom stereocenters. The molecule has 1 amide bonds. The minimum Gasteiger partial charge on any atom is -0.394 e. The van der Waals surface area contributed by atoms with Gasteiger partial charge in [0.2, 0.25) is 5.91 Å². The molecule has 0 aliphatic carbocycles. The fourth-order valence-electron chi connectivity index (χ4n) is 7.39. The van der Waals surface area contributed by atoms with E-state index in [2.05, 4.69) is 104 Å². The van der Waals surface area contributed by atoms with Crippen LogP contribution in [0.25, 0.3) is 0 Å². The molecule has 0 heterocycles. The van der Waals surface area contributed by atoms with Crippen LogP contribution in [0.2, 0.25) is 0 Å². The van der Waals surface area contributed by atoms with E-state index in [1.807, 2.05) is 6.08 Å². The van der Waals surface area contributed by atoms with Crippen LogP contribution in [0.5, 0.6) is 0 Å². The Balaban J connectivity index is 3.48. The highest BCUT2D eigenvalue weighted by Gasteiger charge is 2.18. The number of carbonyl (C=O) groups excluding carboxylic acids is 1.